The highest BCUT2D eigenvalue weighted by atomic mass is 35.5. The summed E-state index contributed by atoms with van der Waals surface area (Å²) < 4.78 is 5.80. The standard InChI is InChI=1S/C22H17ClN2O2/c1-14-5-2-3-6-15(14)12-21(26)24-18-8-4-7-16(11-18)22-25-19-13-17(23)9-10-20(19)27-22/h2-11,13H,12H2,1H3,(H,24,26). The lowest BCUT2D eigenvalue weighted by Crippen LogP contribution is -2.15. The molecule has 0 saturated carbocycles. The smallest absolute Gasteiger partial charge is 0.228 e. The number of benzene rings is 3. The number of amides is 1. The summed E-state index contributed by atoms with van der Waals surface area (Å²) in [7, 11) is 0. The Morgan fingerprint density at radius 3 is 2.78 bits per heavy atom. The Morgan fingerprint density at radius 2 is 1.93 bits per heavy atom. The highest BCUT2D eigenvalue weighted by Gasteiger charge is 2.11. The average Bonchev–Trinajstić information content (AvgIpc) is 3.07. The number of carbonyl (C=O) groups is 1. The first-order chi connectivity index (χ1) is 13.1. The van der Waals surface area contributed by atoms with Gasteiger partial charge in [0.1, 0.15) is 5.52 Å². The van der Waals surface area contributed by atoms with E-state index in [0.29, 0.717) is 34.1 Å². The van der Waals surface area contributed by atoms with Gasteiger partial charge in [0, 0.05) is 16.3 Å². The number of anilines is 1. The minimum Gasteiger partial charge on any atom is -0.436 e. The topological polar surface area (TPSA) is 55.1 Å². The number of fused-ring (bicyclic) bond motifs is 1. The van der Waals surface area contributed by atoms with E-state index in [2.05, 4.69) is 10.3 Å². The van der Waals surface area contributed by atoms with Crippen molar-refractivity contribution in [2.45, 2.75) is 13.3 Å². The van der Waals surface area contributed by atoms with Crippen molar-refractivity contribution in [1.29, 1.82) is 0 Å². The molecule has 0 aliphatic rings. The summed E-state index contributed by atoms with van der Waals surface area (Å²) >= 11 is 6.00. The molecule has 0 unspecified atom stereocenters. The molecule has 0 saturated heterocycles. The maximum Gasteiger partial charge on any atom is 0.228 e. The third-order valence-corrected chi connectivity index (χ3v) is 4.59. The molecule has 27 heavy (non-hydrogen) atoms. The van der Waals surface area contributed by atoms with Crippen molar-refractivity contribution in [3.63, 3.8) is 0 Å². The number of aryl methyl sites for hydroxylation is 1. The van der Waals surface area contributed by atoms with Crippen LogP contribution in [-0.4, -0.2) is 10.9 Å². The molecule has 0 aliphatic carbocycles. The van der Waals surface area contributed by atoms with E-state index in [-0.39, 0.29) is 5.91 Å². The number of hydrogen-bond donors (Lipinski definition) is 1. The summed E-state index contributed by atoms with van der Waals surface area (Å²) in [5.74, 6) is 0.424. The molecule has 4 nitrogen and oxygen atoms in total. The van der Waals surface area contributed by atoms with Crippen LogP contribution in [0.15, 0.2) is 71.1 Å². The summed E-state index contributed by atoms with van der Waals surface area (Å²) in [5, 5.41) is 3.55. The second-order valence-corrected chi connectivity index (χ2v) is 6.80. The Morgan fingerprint density at radius 1 is 1.07 bits per heavy atom. The predicted molar refractivity (Wildman–Crippen MR) is 108 cm³/mol. The molecule has 4 rings (SSSR count). The summed E-state index contributed by atoms with van der Waals surface area (Å²) in [5.41, 5.74) is 4.98. The summed E-state index contributed by atoms with van der Waals surface area (Å²) in [6.07, 6.45) is 0.332. The molecule has 1 heterocycles. The Hall–Kier alpha value is -3.11. The molecule has 1 N–H and O–H groups in total. The van der Waals surface area contributed by atoms with Gasteiger partial charge in [-0.25, -0.2) is 4.98 Å². The molecule has 5 heteroatoms. The Bertz CT molecular complexity index is 1130. The molecular weight excluding hydrogens is 360 g/mol. The number of halogens is 1. The van der Waals surface area contributed by atoms with Gasteiger partial charge < -0.3 is 9.73 Å². The van der Waals surface area contributed by atoms with Gasteiger partial charge in [-0.1, -0.05) is 41.9 Å². The van der Waals surface area contributed by atoms with Crippen LogP contribution in [0.1, 0.15) is 11.1 Å². The van der Waals surface area contributed by atoms with Gasteiger partial charge in [-0.3, -0.25) is 4.79 Å². The number of nitrogens with zero attached hydrogens (tertiary/aromatic N) is 1. The molecule has 0 radical (unpaired) electrons. The average molecular weight is 377 g/mol. The van der Waals surface area contributed by atoms with Crippen LogP contribution in [0.3, 0.4) is 0 Å². The zero-order valence-electron chi connectivity index (χ0n) is 14.7. The van der Waals surface area contributed by atoms with E-state index in [0.717, 1.165) is 16.7 Å². The molecule has 0 bridgehead atoms. The van der Waals surface area contributed by atoms with E-state index in [4.69, 9.17) is 16.0 Å². The van der Waals surface area contributed by atoms with Crippen molar-refractivity contribution in [2.24, 2.45) is 0 Å². The zero-order valence-corrected chi connectivity index (χ0v) is 15.5. The first-order valence-corrected chi connectivity index (χ1v) is 8.97. The Labute approximate surface area is 161 Å². The lowest BCUT2D eigenvalue weighted by Gasteiger charge is -2.08. The van der Waals surface area contributed by atoms with Crippen molar-refractivity contribution in [3.05, 3.63) is 82.9 Å². The molecule has 3 aromatic carbocycles. The highest BCUT2D eigenvalue weighted by Crippen LogP contribution is 2.27. The summed E-state index contributed by atoms with van der Waals surface area (Å²) in [6.45, 7) is 2.00. The van der Waals surface area contributed by atoms with Crippen LogP contribution >= 0.6 is 11.6 Å². The van der Waals surface area contributed by atoms with Crippen molar-refractivity contribution in [3.8, 4) is 11.5 Å². The van der Waals surface area contributed by atoms with Gasteiger partial charge in [0.05, 0.1) is 6.42 Å². The highest BCUT2D eigenvalue weighted by molar-refractivity contribution is 6.31. The van der Waals surface area contributed by atoms with Crippen LogP contribution in [0.25, 0.3) is 22.6 Å². The molecule has 4 aromatic rings. The van der Waals surface area contributed by atoms with Gasteiger partial charge >= 0.3 is 0 Å². The second-order valence-electron chi connectivity index (χ2n) is 6.36. The van der Waals surface area contributed by atoms with Crippen LogP contribution < -0.4 is 5.32 Å². The van der Waals surface area contributed by atoms with Gasteiger partial charge in [-0.2, -0.15) is 0 Å². The molecular formula is C22H17ClN2O2. The molecule has 1 aromatic heterocycles. The summed E-state index contributed by atoms with van der Waals surface area (Å²) in [4.78, 5) is 16.9. The number of nitrogens with one attached hydrogen (secondary N) is 1. The van der Waals surface area contributed by atoms with Gasteiger partial charge in [0.25, 0.3) is 0 Å². The first kappa shape index (κ1) is 17.3. The minimum absolute atomic E-state index is 0.0641. The van der Waals surface area contributed by atoms with E-state index >= 15 is 0 Å². The number of rotatable bonds is 4. The zero-order chi connectivity index (χ0) is 18.8. The normalized spacial score (nSPS) is 10.9. The largest absolute Gasteiger partial charge is 0.436 e. The fourth-order valence-corrected chi connectivity index (χ4v) is 3.11. The van der Waals surface area contributed by atoms with E-state index in [1.807, 2.05) is 55.5 Å². The van der Waals surface area contributed by atoms with Gasteiger partial charge in [0.15, 0.2) is 5.58 Å². The lowest BCUT2D eigenvalue weighted by molar-refractivity contribution is -0.115. The van der Waals surface area contributed by atoms with E-state index < -0.39 is 0 Å². The van der Waals surface area contributed by atoms with E-state index in [1.54, 1.807) is 18.2 Å². The monoisotopic (exact) mass is 376 g/mol. The Kier molecular flexibility index (Phi) is 4.65. The Balaban J connectivity index is 1.55. The molecule has 0 aliphatic heterocycles. The van der Waals surface area contributed by atoms with Gasteiger partial charge in [0.2, 0.25) is 11.8 Å². The van der Waals surface area contributed by atoms with Crippen molar-refractivity contribution in [1.82, 2.24) is 4.98 Å². The van der Waals surface area contributed by atoms with Crippen LogP contribution in [0.4, 0.5) is 5.69 Å². The van der Waals surface area contributed by atoms with Crippen LogP contribution in [0.5, 0.6) is 0 Å². The third kappa shape index (κ3) is 3.86. The predicted octanol–water partition coefficient (Wildman–Crippen LogP) is 5.64. The molecule has 134 valence electrons. The fourth-order valence-electron chi connectivity index (χ4n) is 2.94. The maximum absolute atomic E-state index is 12.4. The SMILES string of the molecule is Cc1ccccc1CC(=O)Nc1cccc(-c2nc3cc(Cl)ccc3o2)c1. The van der Waals surface area contributed by atoms with Crippen molar-refractivity contribution >= 4 is 34.3 Å². The first-order valence-electron chi connectivity index (χ1n) is 8.59. The van der Waals surface area contributed by atoms with Gasteiger partial charge in [-0.05, 0) is 54.4 Å². The number of oxazole rings is 1. The van der Waals surface area contributed by atoms with Crippen LogP contribution in [-0.2, 0) is 11.2 Å². The quantitative estimate of drug-likeness (QED) is 0.501. The van der Waals surface area contributed by atoms with E-state index in [9.17, 15) is 4.79 Å². The molecule has 0 atom stereocenters. The minimum atomic E-state index is -0.0641. The number of carbonyl (C=O) groups excluding carboxylic acids is 1. The third-order valence-electron chi connectivity index (χ3n) is 4.36. The van der Waals surface area contributed by atoms with Crippen LogP contribution in [0, 0.1) is 6.92 Å². The molecule has 0 fully saturated rings. The van der Waals surface area contributed by atoms with Gasteiger partial charge in [-0.15, -0.1) is 0 Å². The van der Waals surface area contributed by atoms with E-state index in [1.165, 1.54) is 0 Å². The van der Waals surface area contributed by atoms with Crippen molar-refractivity contribution in [2.75, 3.05) is 5.32 Å². The molecule has 1 amide bonds. The molecule has 0 spiro atoms. The number of aromatic nitrogens is 1. The van der Waals surface area contributed by atoms with Crippen molar-refractivity contribution < 1.29 is 9.21 Å². The fraction of sp³-hybridized carbons (Fsp3) is 0.0909. The second kappa shape index (κ2) is 7.25. The number of hydrogen-bond acceptors (Lipinski definition) is 3. The lowest BCUT2D eigenvalue weighted by atomic mass is 10.1. The maximum atomic E-state index is 12.4. The summed E-state index contributed by atoms with van der Waals surface area (Å²) in [6, 6.07) is 20.6. The van der Waals surface area contributed by atoms with Crippen LogP contribution in [0.2, 0.25) is 5.02 Å².